The van der Waals surface area contributed by atoms with Crippen LogP contribution in [0.3, 0.4) is 0 Å². The molecular weight excluding hydrogens is 206 g/mol. The molecule has 0 fully saturated rings. The summed E-state index contributed by atoms with van der Waals surface area (Å²) in [6, 6.07) is -0.208. The van der Waals surface area contributed by atoms with Gasteiger partial charge in [0.1, 0.15) is 6.10 Å². The molecule has 1 unspecified atom stereocenters. The first-order valence-electron chi connectivity index (χ1n) is 5.72. The molecule has 1 rings (SSSR count). The third kappa shape index (κ3) is 3.02. The third-order valence-electron chi connectivity index (χ3n) is 2.58. The predicted octanol–water partition coefficient (Wildman–Crippen LogP) is 2.21. The van der Waals surface area contributed by atoms with E-state index in [0.29, 0.717) is 11.7 Å². The summed E-state index contributed by atoms with van der Waals surface area (Å²) < 4.78 is 10.5. The summed E-state index contributed by atoms with van der Waals surface area (Å²) in [5.74, 6) is 1.36. The van der Waals surface area contributed by atoms with Gasteiger partial charge in [-0.25, -0.2) is 0 Å². The molecule has 0 spiro atoms. The van der Waals surface area contributed by atoms with E-state index in [1.165, 1.54) is 0 Å². The van der Waals surface area contributed by atoms with Gasteiger partial charge in [0.2, 0.25) is 11.7 Å². The van der Waals surface area contributed by atoms with Crippen LogP contribution in [-0.4, -0.2) is 17.3 Å². The summed E-state index contributed by atoms with van der Waals surface area (Å²) in [5.41, 5.74) is 5.93. The van der Waals surface area contributed by atoms with Gasteiger partial charge < -0.3 is 15.0 Å². The van der Waals surface area contributed by atoms with Crippen LogP contribution in [0.5, 0.6) is 0 Å². The smallest absolute Gasteiger partial charge is 0.243 e. The lowest BCUT2D eigenvalue weighted by molar-refractivity contribution is 0.0854. The van der Waals surface area contributed by atoms with Gasteiger partial charge >= 0.3 is 0 Å². The fourth-order valence-corrected chi connectivity index (χ4v) is 1.41. The van der Waals surface area contributed by atoms with Crippen LogP contribution in [0, 0.1) is 5.92 Å². The average Bonchev–Trinajstić information content (AvgIpc) is 2.73. The summed E-state index contributed by atoms with van der Waals surface area (Å²) in [7, 11) is 1.65. The minimum absolute atomic E-state index is 0.0955. The normalized spacial score (nSPS) is 15.4. The van der Waals surface area contributed by atoms with Gasteiger partial charge in [0.05, 0.1) is 6.04 Å². The summed E-state index contributed by atoms with van der Waals surface area (Å²) in [6.45, 7) is 6.13. The zero-order valence-electron chi connectivity index (χ0n) is 10.4. The van der Waals surface area contributed by atoms with Crippen LogP contribution >= 0.6 is 0 Å². The molecule has 0 aromatic carbocycles. The molecule has 0 aliphatic rings. The topological polar surface area (TPSA) is 74.2 Å². The molecule has 1 aromatic rings. The molecular formula is C11H21N3O2. The van der Waals surface area contributed by atoms with Crippen molar-refractivity contribution in [1.29, 1.82) is 0 Å². The van der Waals surface area contributed by atoms with Crippen molar-refractivity contribution in [2.75, 3.05) is 7.11 Å². The van der Waals surface area contributed by atoms with Crippen molar-refractivity contribution in [3.63, 3.8) is 0 Å². The lowest BCUT2D eigenvalue weighted by Crippen LogP contribution is -2.17. The SMILES string of the molecule is CCCC(OC)c1noc([C@@H](N)C(C)C)n1. The molecule has 0 bridgehead atoms. The highest BCUT2D eigenvalue weighted by molar-refractivity contribution is 4.95. The molecule has 92 valence electrons. The quantitative estimate of drug-likeness (QED) is 0.806. The first-order chi connectivity index (χ1) is 7.60. The number of nitrogens with zero attached hydrogens (tertiary/aromatic N) is 2. The van der Waals surface area contributed by atoms with Gasteiger partial charge in [-0.15, -0.1) is 0 Å². The van der Waals surface area contributed by atoms with E-state index in [0.717, 1.165) is 12.8 Å². The minimum Gasteiger partial charge on any atom is -0.373 e. The van der Waals surface area contributed by atoms with E-state index in [4.69, 9.17) is 15.0 Å². The van der Waals surface area contributed by atoms with Crippen molar-refractivity contribution < 1.29 is 9.26 Å². The number of methoxy groups -OCH3 is 1. The molecule has 0 radical (unpaired) electrons. The molecule has 0 saturated heterocycles. The van der Waals surface area contributed by atoms with Crippen molar-refractivity contribution in [2.24, 2.45) is 11.7 Å². The fraction of sp³-hybridized carbons (Fsp3) is 0.818. The third-order valence-corrected chi connectivity index (χ3v) is 2.58. The van der Waals surface area contributed by atoms with E-state index in [9.17, 15) is 0 Å². The molecule has 5 nitrogen and oxygen atoms in total. The average molecular weight is 227 g/mol. The Morgan fingerprint density at radius 1 is 1.44 bits per heavy atom. The van der Waals surface area contributed by atoms with E-state index in [2.05, 4.69) is 17.1 Å². The molecule has 5 heteroatoms. The lowest BCUT2D eigenvalue weighted by Gasteiger charge is -2.10. The Morgan fingerprint density at radius 3 is 2.62 bits per heavy atom. The highest BCUT2D eigenvalue weighted by Gasteiger charge is 2.21. The first kappa shape index (κ1) is 13.1. The zero-order valence-corrected chi connectivity index (χ0v) is 10.4. The monoisotopic (exact) mass is 227 g/mol. The zero-order chi connectivity index (χ0) is 12.1. The van der Waals surface area contributed by atoms with Gasteiger partial charge in [-0.05, 0) is 12.3 Å². The predicted molar refractivity (Wildman–Crippen MR) is 60.7 cm³/mol. The number of ether oxygens (including phenoxy) is 1. The van der Waals surface area contributed by atoms with Crippen LogP contribution in [0.25, 0.3) is 0 Å². The number of aromatic nitrogens is 2. The molecule has 2 N–H and O–H groups in total. The molecule has 0 saturated carbocycles. The van der Waals surface area contributed by atoms with Crippen LogP contribution < -0.4 is 5.73 Å². The van der Waals surface area contributed by atoms with Gasteiger partial charge in [-0.1, -0.05) is 32.3 Å². The summed E-state index contributed by atoms with van der Waals surface area (Å²) in [5, 5.41) is 3.92. The van der Waals surface area contributed by atoms with E-state index in [1.807, 2.05) is 13.8 Å². The molecule has 0 amide bonds. The van der Waals surface area contributed by atoms with Gasteiger partial charge in [-0.2, -0.15) is 4.98 Å². The number of nitrogens with two attached hydrogens (primary N) is 1. The van der Waals surface area contributed by atoms with Crippen LogP contribution in [-0.2, 0) is 4.74 Å². The van der Waals surface area contributed by atoms with Crippen molar-refractivity contribution in [3.05, 3.63) is 11.7 Å². The fourth-order valence-electron chi connectivity index (χ4n) is 1.41. The van der Waals surface area contributed by atoms with Crippen LogP contribution in [0.15, 0.2) is 4.52 Å². The van der Waals surface area contributed by atoms with Gasteiger partial charge in [0.25, 0.3) is 0 Å². The van der Waals surface area contributed by atoms with E-state index < -0.39 is 0 Å². The number of hydrogen-bond donors (Lipinski definition) is 1. The van der Waals surface area contributed by atoms with Crippen LogP contribution in [0.4, 0.5) is 0 Å². The van der Waals surface area contributed by atoms with Gasteiger partial charge in [-0.3, -0.25) is 0 Å². The molecule has 0 aliphatic heterocycles. The maximum absolute atomic E-state index is 5.93. The standard InChI is InChI=1S/C11H21N3O2/c1-5-6-8(15-4)10-13-11(16-14-10)9(12)7(2)3/h7-9H,5-6,12H2,1-4H3/t8?,9-/m0/s1. The Kier molecular flexibility index (Phi) is 4.89. The molecule has 1 aromatic heterocycles. The van der Waals surface area contributed by atoms with Gasteiger partial charge in [0.15, 0.2) is 0 Å². The van der Waals surface area contributed by atoms with E-state index in [-0.39, 0.29) is 18.1 Å². The minimum atomic E-state index is -0.208. The lowest BCUT2D eigenvalue weighted by atomic mass is 10.1. The summed E-state index contributed by atoms with van der Waals surface area (Å²) >= 11 is 0. The highest BCUT2D eigenvalue weighted by Crippen LogP contribution is 2.22. The van der Waals surface area contributed by atoms with Crippen molar-refractivity contribution >= 4 is 0 Å². The number of rotatable bonds is 6. The van der Waals surface area contributed by atoms with Crippen LogP contribution in [0.1, 0.15) is 57.5 Å². The summed E-state index contributed by atoms with van der Waals surface area (Å²) in [4.78, 5) is 4.29. The Labute approximate surface area is 96.4 Å². The van der Waals surface area contributed by atoms with E-state index in [1.54, 1.807) is 7.11 Å². The second-order valence-corrected chi connectivity index (χ2v) is 4.27. The molecule has 1 heterocycles. The van der Waals surface area contributed by atoms with Crippen molar-refractivity contribution in [3.8, 4) is 0 Å². The molecule has 0 aliphatic carbocycles. The van der Waals surface area contributed by atoms with Crippen molar-refractivity contribution in [2.45, 2.75) is 45.8 Å². The largest absolute Gasteiger partial charge is 0.373 e. The van der Waals surface area contributed by atoms with E-state index >= 15 is 0 Å². The Morgan fingerprint density at radius 2 is 2.12 bits per heavy atom. The Balaban J connectivity index is 2.76. The van der Waals surface area contributed by atoms with Gasteiger partial charge in [0, 0.05) is 7.11 Å². The highest BCUT2D eigenvalue weighted by atomic mass is 16.5. The molecule has 2 atom stereocenters. The second-order valence-electron chi connectivity index (χ2n) is 4.27. The van der Waals surface area contributed by atoms with Crippen LogP contribution in [0.2, 0.25) is 0 Å². The second kappa shape index (κ2) is 5.96. The maximum atomic E-state index is 5.93. The molecule has 16 heavy (non-hydrogen) atoms. The first-order valence-corrected chi connectivity index (χ1v) is 5.72. The summed E-state index contributed by atoms with van der Waals surface area (Å²) in [6.07, 6.45) is 1.80. The Bertz CT molecular complexity index is 312. The number of hydrogen-bond acceptors (Lipinski definition) is 5. The van der Waals surface area contributed by atoms with Crippen molar-refractivity contribution in [1.82, 2.24) is 10.1 Å². The Hall–Kier alpha value is -0.940. The maximum Gasteiger partial charge on any atom is 0.243 e.